The zero-order chi connectivity index (χ0) is 21.8. The lowest BCUT2D eigenvalue weighted by Gasteiger charge is -2.35. The molecule has 0 radical (unpaired) electrons. The summed E-state index contributed by atoms with van der Waals surface area (Å²) in [4.78, 5) is 18.5. The Morgan fingerprint density at radius 2 is 2.10 bits per heavy atom. The van der Waals surface area contributed by atoms with Crippen molar-refractivity contribution in [2.75, 3.05) is 13.7 Å². The van der Waals surface area contributed by atoms with Crippen LogP contribution in [0.2, 0.25) is 0 Å². The number of aryl methyl sites for hydroxylation is 1. The summed E-state index contributed by atoms with van der Waals surface area (Å²) in [5.41, 5.74) is 2.79. The summed E-state index contributed by atoms with van der Waals surface area (Å²) in [6, 6.07) is 8.68. The fraction of sp³-hybridized carbons (Fsp3) is 0.565. The number of nitrogens with one attached hydrogen (secondary N) is 1. The van der Waals surface area contributed by atoms with Crippen LogP contribution >= 0.6 is 0 Å². The average Bonchev–Trinajstić information content (AvgIpc) is 3.45. The molecule has 31 heavy (non-hydrogen) atoms. The normalized spacial score (nSPS) is 15.9. The summed E-state index contributed by atoms with van der Waals surface area (Å²) in [6.07, 6.45) is 5.59. The third kappa shape index (κ3) is 4.70. The number of H-pyrrole nitrogens is 1. The lowest BCUT2D eigenvalue weighted by molar-refractivity contribution is 0.109. The predicted octanol–water partition coefficient (Wildman–Crippen LogP) is 3.37. The highest BCUT2D eigenvalue weighted by molar-refractivity contribution is 5.79. The molecule has 166 valence electrons. The summed E-state index contributed by atoms with van der Waals surface area (Å²) in [5.74, 6) is 0.847. The van der Waals surface area contributed by atoms with Crippen molar-refractivity contribution in [2.24, 2.45) is 0 Å². The van der Waals surface area contributed by atoms with Gasteiger partial charge in [0.05, 0.1) is 19.2 Å². The number of nitrogens with zero attached hydrogens (tertiary/aromatic N) is 5. The molecule has 1 aliphatic carbocycles. The van der Waals surface area contributed by atoms with Crippen molar-refractivity contribution in [3.63, 3.8) is 0 Å². The van der Waals surface area contributed by atoms with Crippen LogP contribution in [0.4, 0.5) is 0 Å². The number of rotatable bonds is 9. The second-order valence-electron chi connectivity index (χ2n) is 8.50. The third-order valence-corrected chi connectivity index (χ3v) is 6.38. The van der Waals surface area contributed by atoms with Gasteiger partial charge in [0.2, 0.25) is 0 Å². The van der Waals surface area contributed by atoms with Gasteiger partial charge in [0, 0.05) is 30.8 Å². The molecule has 2 heterocycles. The molecule has 1 aliphatic rings. The van der Waals surface area contributed by atoms with E-state index in [1.54, 1.807) is 7.11 Å². The first-order valence-electron chi connectivity index (χ1n) is 11.2. The molecule has 2 aromatic heterocycles. The molecule has 1 fully saturated rings. The van der Waals surface area contributed by atoms with E-state index in [0.717, 1.165) is 47.1 Å². The smallest absolute Gasteiger partial charge is 0.252 e. The minimum absolute atomic E-state index is 0.0186. The van der Waals surface area contributed by atoms with E-state index in [0.29, 0.717) is 25.7 Å². The van der Waals surface area contributed by atoms with Crippen LogP contribution in [-0.2, 0) is 17.8 Å². The van der Waals surface area contributed by atoms with Crippen LogP contribution in [0.3, 0.4) is 0 Å². The Hall–Kier alpha value is -2.58. The summed E-state index contributed by atoms with van der Waals surface area (Å²) < 4.78 is 7.07. The first kappa shape index (κ1) is 21.6. The van der Waals surface area contributed by atoms with Gasteiger partial charge < -0.3 is 9.72 Å². The van der Waals surface area contributed by atoms with Gasteiger partial charge >= 0.3 is 0 Å². The molecule has 1 atom stereocenters. The van der Waals surface area contributed by atoms with Gasteiger partial charge in [-0.15, -0.1) is 5.10 Å². The molecule has 4 rings (SSSR count). The Kier molecular flexibility index (Phi) is 6.77. The molecule has 0 saturated heterocycles. The fourth-order valence-electron chi connectivity index (χ4n) is 4.76. The minimum Gasteiger partial charge on any atom is -0.383 e. The number of tetrazole rings is 1. The quantitative estimate of drug-likeness (QED) is 0.567. The number of ether oxygens (including phenoxy) is 1. The predicted molar refractivity (Wildman–Crippen MR) is 120 cm³/mol. The van der Waals surface area contributed by atoms with Crippen LogP contribution in [0.25, 0.3) is 10.9 Å². The van der Waals surface area contributed by atoms with E-state index >= 15 is 0 Å². The Labute approximate surface area is 182 Å². The molecule has 1 N–H and O–H groups in total. The number of benzene rings is 1. The number of hydrogen-bond acceptors (Lipinski definition) is 6. The molecule has 0 aliphatic heterocycles. The van der Waals surface area contributed by atoms with Gasteiger partial charge in [-0.05, 0) is 59.7 Å². The molecule has 0 amide bonds. The summed E-state index contributed by atoms with van der Waals surface area (Å²) in [6.45, 7) is 5.95. The molecule has 8 heteroatoms. The largest absolute Gasteiger partial charge is 0.383 e. The van der Waals surface area contributed by atoms with E-state index < -0.39 is 0 Å². The van der Waals surface area contributed by atoms with Crippen LogP contribution in [0.5, 0.6) is 0 Å². The van der Waals surface area contributed by atoms with Gasteiger partial charge in [0.1, 0.15) is 0 Å². The Balaban J connectivity index is 1.69. The molecule has 1 aromatic carbocycles. The highest BCUT2D eigenvalue weighted by Gasteiger charge is 2.32. The van der Waals surface area contributed by atoms with Crippen LogP contribution < -0.4 is 5.56 Å². The van der Waals surface area contributed by atoms with E-state index in [1.807, 2.05) is 23.7 Å². The van der Waals surface area contributed by atoms with Gasteiger partial charge in [-0.2, -0.15) is 0 Å². The SMILES string of the molecule is CC[C@H](c1nnnn1CCOC)N(Cc1cc2ccc(C)cc2[nH]c1=O)C1CCCC1. The zero-order valence-electron chi connectivity index (χ0n) is 18.7. The number of fused-ring (bicyclic) bond motifs is 1. The maximum atomic E-state index is 13.0. The van der Waals surface area contributed by atoms with E-state index in [9.17, 15) is 4.79 Å². The average molecular weight is 425 g/mol. The van der Waals surface area contributed by atoms with E-state index in [-0.39, 0.29) is 11.6 Å². The Morgan fingerprint density at radius 3 is 2.84 bits per heavy atom. The number of aromatic amines is 1. The van der Waals surface area contributed by atoms with E-state index in [1.165, 1.54) is 12.8 Å². The second-order valence-corrected chi connectivity index (χ2v) is 8.50. The van der Waals surface area contributed by atoms with Gasteiger partial charge in [-0.25, -0.2) is 4.68 Å². The van der Waals surface area contributed by atoms with Crippen molar-refractivity contribution in [2.45, 2.75) is 71.1 Å². The highest BCUT2D eigenvalue weighted by atomic mass is 16.5. The van der Waals surface area contributed by atoms with Gasteiger partial charge in [0.15, 0.2) is 5.82 Å². The van der Waals surface area contributed by atoms with Crippen LogP contribution in [0, 0.1) is 6.92 Å². The first-order chi connectivity index (χ1) is 15.1. The molecule has 1 saturated carbocycles. The standard InChI is InChI=1S/C23H32N6O2/c1-4-21(22-25-26-27-29(22)11-12-31-3)28(19-7-5-6-8-19)15-18-14-17-10-9-16(2)13-20(17)24-23(18)30/h9-10,13-14,19,21H,4-8,11-12,15H2,1-3H3,(H,24,30)/t21-/m1/s1. The van der Waals surface area contributed by atoms with E-state index in [4.69, 9.17) is 4.74 Å². The molecular formula is C23H32N6O2. The fourth-order valence-corrected chi connectivity index (χ4v) is 4.76. The molecule has 8 nitrogen and oxygen atoms in total. The molecule has 0 spiro atoms. The molecule has 3 aromatic rings. The number of methoxy groups -OCH3 is 1. The second kappa shape index (κ2) is 9.70. The van der Waals surface area contributed by atoms with E-state index in [2.05, 4.69) is 44.5 Å². The molecule has 0 unspecified atom stereocenters. The number of hydrogen-bond donors (Lipinski definition) is 1. The lowest BCUT2D eigenvalue weighted by atomic mass is 10.0. The van der Waals surface area contributed by atoms with Crippen molar-refractivity contribution in [1.29, 1.82) is 0 Å². The topological polar surface area (TPSA) is 88.9 Å². The maximum Gasteiger partial charge on any atom is 0.252 e. The summed E-state index contributed by atoms with van der Waals surface area (Å²) >= 11 is 0. The molecular weight excluding hydrogens is 392 g/mol. The number of aromatic nitrogens is 5. The first-order valence-corrected chi connectivity index (χ1v) is 11.2. The maximum absolute atomic E-state index is 13.0. The van der Waals surface area contributed by atoms with Gasteiger partial charge in [-0.1, -0.05) is 31.9 Å². The number of pyridine rings is 1. The third-order valence-electron chi connectivity index (χ3n) is 6.38. The summed E-state index contributed by atoms with van der Waals surface area (Å²) in [5, 5.41) is 13.6. The Bertz CT molecular complexity index is 1070. The van der Waals surface area contributed by atoms with Crippen molar-refractivity contribution < 1.29 is 4.74 Å². The summed E-state index contributed by atoms with van der Waals surface area (Å²) in [7, 11) is 1.68. The van der Waals surface area contributed by atoms with Crippen LogP contribution in [-0.4, -0.2) is 49.8 Å². The van der Waals surface area contributed by atoms with Crippen molar-refractivity contribution in [1.82, 2.24) is 30.1 Å². The Morgan fingerprint density at radius 1 is 1.29 bits per heavy atom. The molecule has 0 bridgehead atoms. The zero-order valence-corrected chi connectivity index (χ0v) is 18.7. The van der Waals surface area contributed by atoms with Crippen molar-refractivity contribution >= 4 is 10.9 Å². The van der Waals surface area contributed by atoms with Crippen LogP contribution in [0.1, 0.15) is 62.0 Å². The van der Waals surface area contributed by atoms with Crippen molar-refractivity contribution in [3.05, 3.63) is 51.6 Å². The highest BCUT2D eigenvalue weighted by Crippen LogP contribution is 2.33. The van der Waals surface area contributed by atoms with Gasteiger partial charge in [-0.3, -0.25) is 9.69 Å². The van der Waals surface area contributed by atoms with Crippen molar-refractivity contribution in [3.8, 4) is 0 Å². The van der Waals surface area contributed by atoms with Gasteiger partial charge in [0.25, 0.3) is 5.56 Å². The monoisotopic (exact) mass is 424 g/mol. The minimum atomic E-state index is -0.0186. The lowest BCUT2D eigenvalue weighted by Crippen LogP contribution is -2.39. The van der Waals surface area contributed by atoms with Crippen LogP contribution in [0.15, 0.2) is 29.1 Å².